The molecular formula is C14H11FN2. The molecule has 3 heteroatoms. The maximum atomic E-state index is 13.5. The van der Waals surface area contributed by atoms with E-state index in [0.29, 0.717) is 12.1 Å². The van der Waals surface area contributed by atoms with Gasteiger partial charge in [-0.15, -0.1) is 0 Å². The molecule has 2 aromatic carbocycles. The zero-order valence-electron chi connectivity index (χ0n) is 9.15. The molecule has 2 nitrogen and oxygen atoms in total. The molecule has 0 unspecified atom stereocenters. The van der Waals surface area contributed by atoms with E-state index < -0.39 is 5.82 Å². The van der Waals surface area contributed by atoms with Gasteiger partial charge >= 0.3 is 0 Å². The van der Waals surface area contributed by atoms with Gasteiger partial charge in [-0.2, -0.15) is 5.26 Å². The Hall–Kier alpha value is -2.34. The van der Waals surface area contributed by atoms with E-state index in [1.165, 1.54) is 12.1 Å². The number of rotatable bonds is 3. The van der Waals surface area contributed by atoms with Gasteiger partial charge in [0.2, 0.25) is 0 Å². The summed E-state index contributed by atoms with van der Waals surface area (Å²) < 4.78 is 13.5. The van der Waals surface area contributed by atoms with E-state index in [1.807, 2.05) is 36.4 Å². The van der Waals surface area contributed by atoms with E-state index >= 15 is 0 Å². The normalized spacial score (nSPS) is 9.65. The lowest BCUT2D eigenvalue weighted by molar-refractivity contribution is 0.629. The van der Waals surface area contributed by atoms with Gasteiger partial charge in [-0.3, -0.25) is 0 Å². The molecule has 0 aliphatic heterocycles. The van der Waals surface area contributed by atoms with Gasteiger partial charge in [0.25, 0.3) is 0 Å². The van der Waals surface area contributed by atoms with Gasteiger partial charge in [-0.05, 0) is 17.7 Å². The maximum absolute atomic E-state index is 13.5. The number of hydrogen-bond acceptors (Lipinski definition) is 2. The molecule has 0 saturated heterocycles. The Morgan fingerprint density at radius 2 is 1.82 bits per heavy atom. The van der Waals surface area contributed by atoms with E-state index in [0.717, 1.165) is 5.56 Å². The first-order valence-electron chi connectivity index (χ1n) is 5.27. The second-order valence-electron chi connectivity index (χ2n) is 3.61. The van der Waals surface area contributed by atoms with Crippen LogP contribution in [0.4, 0.5) is 10.1 Å². The maximum Gasteiger partial charge on any atom is 0.147 e. The highest BCUT2D eigenvalue weighted by atomic mass is 19.1. The number of halogens is 1. The van der Waals surface area contributed by atoms with Gasteiger partial charge in [-0.1, -0.05) is 36.4 Å². The number of nitriles is 1. The Morgan fingerprint density at radius 1 is 1.06 bits per heavy atom. The Balaban J connectivity index is 2.17. The Morgan fingerprint density at radius 3 is 2.53 bits per heavy atom. The summed E-state index contributed by atoms with van der Waals surface area (Å²) in [4.78, 5) is 0. The third-order valence-corrected chi connectivity index (χ3v) is 2.45. The molecule has 0 amide bonds. The molecule has 0 aliphatic rings. The third kappa shape index (κ3) is 2.61. The van der Waals surface area contributed by atoms with Crippen LogP contribution in [0.3, 0.4) is 0 Å². The van der Waals surface area contributed by atoms with Gasteiger partial charge in [0, 0.05) is 6.54 Å². The van der Waals surface area contributed by atoms with Crippen molar-refractivity contribution in [1.82, 2.24) is 0 Å². The van der Waals surface area contributed by atoms with E-state index in [2.05, 4.69) is 5.32 Å². The summed E-state index contributed by atoms with van der Waals surface area (Å²) in [5.74, 6) is -0.403. The minimum atomic E-state index is -0.403. The summed E-state index contributed by atoms with van der Waals surface area (Å²) in [7, 11) is 0. The number of hydrogen-bond donors (Lipinski definition) is 1. The number of nitrogens with zero attached hydrogens (tertiary/aromatic N) is 1. The summed E-state index contributed by atoms with van der Waals surface area (Å²) in [6.45, 7) is 0.496. The third-order valence-electron chi connectivity index (χ3n) is 2.45. The highest BCUT2D eigenvalue weighted by Crippen LogP contribution is 2.19. The molecule has 0 fully saturated rings. The van der Waals surface area contributed by atoms with E-state index in [1.54, 1.807) is 6.07 Å². The fourth-order valence-electron chi connectivity index (χ4n) is 1.58. The average molecular weight is 226 g/mol. The Bertz CT molecular complexity index is 544. The topological polar surface area (TPSA) is 35.8 Å². The molecule has 0 atom stereocenters. The van der Waals surface area contributed by atoms with Crippen LogP contribution in [0.15, 0.2) is 48.5 Å². The lowest BCUT2D eigenvalue weighted by Gasteiger charge is -2.09. The van der Waals surface area contributed by atoms with Gasteiger partial charge in [-0.25, -0.2) is 4.39 Å². The van der Waals surface area contributed by atoms with Gasteiger partial charge in [0.15, 0.2) is 0 Å². The Labute approximate surface area is 99.3 Å². The number of anilines is 1. The molecule has 0 heterocycles. The Kier molecular flexibility index (Phi) is 3.37. The molecular weight excluding hydrogens is 215 g/mol. The van der Waals surface area contributed by atoms with Crippen molar-refractivity contribution in [1.29, 1.82) is 5.26 Å². The molecule has 0 saturated carbocycles. The van der Waals surface area contributed by atoms with Crippen LogP contribution in [0.1, 0.15) is 11.1 Å². The number of nitrogens with one attached hydrogen (secondary N) is 1. The van der Waals surface area contributed by atoms with Crippen LogP contribution in [-0.2, 0) is 6.54 Å². The summed E-state index contributed by atoms with van der Waals surface area (Å²) in [6, 6.07) is 16.1. The highest BCUT2D eigenvalue weighted by Gasteiger charge is 2.06. The molecule has 0 bridgehead atoms. The van der Waals surface area contributed by atoms with E-state index in [4.69, 9.17) is 5.26 Å². The van der Waals surface area contributed by atoms with Crippen molar-refractivity contribution in [2.45, 2.75) is 6.54 Å². The first-order valence-corrected chi connectivity index (χ1v) is 5.27. The SMILES string of the molecule is N#Cc1cccc(F)c1NCc1ccccc1. The van der Waals surface area contributed by atoms with Gasteiger partial charge in [0.05, 0.1) is 11.3 Å². The lowest BCUT2D eigenvalue weighted by Crippen LogP contribution is -2.03. The quantitative estimate of drug-likeness (QED) is 0.871. The van der Waals surface area contributed by atoms with Crippen molar-refractivity contribution in [2.75, 3.05) is 5.32 Å². The molecule has 2 aromatic rings. The van der Waals surface area contributed by atoms with Crippen LogP contribution >= 0.6 is 0 Å². The van der Waals surface area contributed by atoms with Crippen LogP contribution < -0.4 is 5.32 Å². The number of benzene rings is 2. The fourth-order valence-corrected chi connectivity index (χ4v) is 1.58. The lowest BCUT2D eigenvalue weighted by atomic mass is 10.1. The average Bonchev–Trinajstić information content (AvgIpc) is 2.38. The second kappa shape index (κ2) is 5.13. The monoisotopic (exact) mass is 226 g/mol. The molecule has 0 radical (unpaired) electrons. The summed E-state index contributed by atoms with van der Waals surface area (Å²) in [5.41, 5.74) is 1.62. The van der Waals surface area contributed by atoms with Gasteiger partial charge in [0.1, 0.15) is 11.9 Å². The van der Waals surface area contributed by atoms with Crippen molar-refractivity contribution >= 4 is 5.69 Å². The van der Waals surface area contributed by atoms with Crippen LogP contribution in [0, 0.1) is 17.1 Å². The fraction of sp³-hybridized carbons (Fsp3) is 0.0714. The van der Waals surface area contributed by atoms with Crippen LogP contribution in [0.25, 0.3) is 0 Å². The van der Waals surface area contributed by atoms with Crippen molar-refractivity contribution in [3.05, 3.63) is 65.5 Å². The standard InChI is InChI=1S/C14H11FN2/c15-13-8-4-7-12(9-16)14(13)17-10-11-5-2-1-3-6-11/h1-8,17H,10H2. The zero-order valence-corrected chi connectivity index (χ0v) is 9.15. The molecule has 2 rings (SSSR count). The predicted molar refractivity (Wildman–Crippen MR) is 64.9 cm³/mol. The molecule has 0 aliphatic carbocycles. The minimum absolute atomic E-state index is 0.263. The smallest absolute Gasteiger partial charge is 0.147 e. The highest BCUT2D eigenvalue weighted by molar-refractivity contribution is 5.58. The predicted octanol–water partition coefficient (Wildman–Crippen LogP) is 3.31. The zero-order chi connectivity index (χ0) is 12.1. The van der Waals surface area contributed by atoms with Crippen molar-refractivity contribution < 1.29 is 4.39 Å². The molecule has 0 aromatic heterocycles. The van der Waals surface area contributed by atoms with E-state index in [9.17, 15) is 4.39 Å². The molecule has 1 N–H and O–H groups in total. The molecule has 17 heavy (non-hydrogen) atoms. The van der Waals surface area contributed by atoms with Crippen molar-refractivity contribution in [3.8, 4) is 6.07 Å². The molecule has 0 spiro atoms. The largest absolute Gasteiger partial charge is 0.378 e. The summed E-state index contributed by atoms with van der Waals surface area (Å²) in [5, 5.41) is 11.8. The summed E-state index contributed by atoms with van der Waals surface area (Å²) >= 11 is 0. The van der Waals surface area contributed by atoms with E-state index in [-0.39, 0.29) is 5.69 Å². The van der Waals surface area contributed by atoms with Crippen molar-refractivity contribution in [3.63, 3.8) is 0 Å². The van der Waals surface area contributed by atoms with Crippen LogP contribution in [-0.4, -0.2) is 0 Å². The van der Waals surface area contributed by atoms with Gasteiger partial charge < -0.3 is 5.32 Å². The first-order chi connectivity index (χ1) is 8.31. The number of para-hydroxylation sites is 1. The van der Waals surface area contributed by atoms with Crippen LogP contribution in [0.2, 0.25) is 0 Å². The molecule has 84 valence electrons. The van der Waals surface area contributed by atoms with Crippen LogP contribution in [0.5, 0.6) is 0 Å². The summed E-state index contributed by atoms with van der Waals surface area (Å²) in [6.07, 6.45) is 0. The van der Waals surface area contributed by atoms with Crippen molar-refractivity contribution in [2.24, 2.45) is 0 Å². The second-order valence-corrected chi connectivity index (χ2v) is 3.61. The minimum Gasteiger partial charge on any atom is -0.378 e. The first kappa shape index (κ1) is 11.2.